The molecule has 1 amide bonds. The highest BCUT2D eigenvalue weighted by atomic mass is 79.9. The predicted octanol–water partition coefficient (Wildman–Crippen LogP) is 2.52. The normalized spacial score (nSPS) is 17.8. The second-order valence-corrected chi connectivity index (χ2v) is 5.38. The average Bonchev–Trinajstić information content (AvgIpc) is 2.57. The van der Waals surface area contributed by atoms with E-state index in [2.05, 4.69) is 26.2 Å². The Morgan fingerprint density at radius 2 is 1.90 bits per heavy atom. The van der Waals surface area contributed by atoms with Gasteiger partial charge in [-0.15, -0.1) is 0 Å². The van der Waals surface area contributed by atoms with E-state index in [1.165, 1.54) is 0 Å². The molecular weight excluding hydrogens is 318 g/mol. The van der Waals surface area contributed by atoms with Crippen LogP contribution in [0.5, 0.6) is 0 Å². The van der Waals surface area contributed by atoms with Crippen molar-refractivity contribution in [3.8, 4) is 0 Å². The lowest BCUT2D eigenvalue weighted by molar-refractivity contribution is -0.117. The molecule has 0 radical (unpaired) electrons. The Morgan fingerprint density at radius 3 is 2.65 bits per heavy atom. The van der Waals surface area contributed by atoms with Crippen molar-refractivity contribution < 1.29 is 4.79 Å². The fourth-order valence-corrected chi connectivity index (χ4v) is 2.49. The van der Waals surface area contributed by atoms with Crippen molar-refractivity contribution in [3.05, 3.63) is 64.1 Å². The topological polar surface area (TPSA) is 67.5 Å². The van der Waals surface area contributed by atoms with Crippen LogP contribution in [0.3, 0.4) is 0 Å². The number of halogens is 1. The maximum Gasteiger partial charge on any atom is 0.263 e. The minimum Gasteiger partial charge on any atom is -0.322 e. The number of nitrogens with two attached hydrogens (primary N) is 1. The number of hydrogen-bond acceptors (Lipinski definition) is 3. The molecular formula is C15H12BrN3O. The first-order chi connectivity index (χ1) is 9.65. The molecule has 3 N–H and O–H groups in total. The summed E-state index contributed by atoms with van der Waals surface area (Å²) in [6, 6.07) is 15.4. The van der Waals surface area contributed by atoms with Gasteiger partial charge < -0.3 is 11.1 Å². The summed E-state index contributed by atoms with van der Waals surface area (Å²) in [6.07, 6.45) is -0.906. The first-order valence-corrected chi connectivity index (χ1v) is 6.94. The van der Waals surface area contributed by atoms with E-state index in [9.17, 15) is 4.79 Å². The second kappa shape index (κ2) is 5.19. The Kier molecular flexibility index (Phi) is 3.38. The Bertz CT molecular complexity index is 698. The molecule has 2 aromatic carbocycles. The molecule has 100 valence electrons. The zero-order valence-corrected chi connectivity index (χ0v) is 12.1. The Hall–Kier alpha value is -1.98. The van der Waals surface area contributed by atoms with Crippen molar-refractivity contribution in [3.63, 3.8) is 0 Å². The number of benzodiazepines with no additional fused rings is 1. The van der Waals surface area contributed by atoms with E-state index in [1.807, 2.05) is 48.5 Å². The number of nitrogens with zero attached hydrogens (tertiary/aromatic N) is 1. The number of rotatable bonds is 1. The monoisotopic (exact) mass is 329 g/mol. The highest BCUT2D eigenvalue weighted by molar-refractivity contribution is 9.10. The number of benzene rings is 2. The maximum absolute atomic E-state index is 11.9. The van der Waals surface area contributed by atoms with Crippen LogP contribution in [0.2, 0.25) is 0 Å². The summed E-state index contributed by atoms with van der Waals surface area (Å²) in [7, 11) is 0. The first-order valence-electron chi connectivity index (χ1n) is 6.15. The maximum atomic E-state index is 11.9. The van der Waals surface area contributed by atoms with Crippen LogP contribution >= 0.6 is 15.9 Å². The largest absolute Gasteiger partial charge is 0.322 e. The van der Waals surface area contributed by atoms with Crippen LogP contribution < -0.4 is 11.1 Å². The number of anilines is 1. The van der Waals surface area contributed by atoms with Gasteiger partial charge in [0.05, 0.1) is 11.4 Å². The van der Waals surface area contributed by atoms with Crippen LogP contribution in [0.25, 0.3) is 0 Å². The van der Waals surface area contributed by atoms with Crippen LogP contribution in [0, 0.1) is 0 Å². The van der Waals surface area contributed by atoms with Gasteiger partial charge in [-0.1, -0.05) is 46.3 Å². The van der Waals surface area contributed by atoms with E-state index >= 15 is 0 Å². The number of amides is 1. The lowest BCUT2D eigenvalue weighted by Crippen LogP contribution is -2.33. The van der Waals surface area contributed by atoms with Gasteiger partial charge in [0.2, 0.25) is 0 Å². The Balaban J connectivity index is 2.22. The van der Waals surface area contributed by atoms with E-state index in [1.54, 1.807) is 0 Å². The molecule has 1 heterocycles. The van der Waals surface area contributed by atoms with E-state index in [-0.39, 0.29) is 5.91 Å². The molecule has 0 spiro atoms. The average molecular weight is 330 g/mol. The molecule has 4 nitrogen and oxygen atoms in total. The molecule has 1 aliphatic heterocycles. The smallest absolute Gasteiger partial charge is 0.263 e. The van der Waals surface area contributed by atoms with Gasteiger partial charge in [0.1, 0.15) is 0 Å². The molecule has 1 aliphatic rings. The highest BCUT2D eigenvalue weighted by Crippen LogP contribution is 2.26. The summed E-state index contributed by atoms with van der Waals surface area (Å²) in [5, 5.41) is 2.80. The van der Waals surface area contributed by atoms with E-state index in [4.69, 9.17) is 5.73 Å². The number of hydrogen-bond donors (Lipinski definition) is 2. The summed E-state index contributed by atoms with van der Waals surface area (Å²) >= 11 is 3.40. The molecule has 5 heteroatoms. The molecule has 3 rings (SSSR count). The van der Waals surface area contributed by atoms with Crippen LogP contribution in [0.15, 0.2) is 58.0 Å². The summed E-state index contributed by atoms with van der Waals surface area (Å²) in [4.78, 5) is 16.3. The Morgan fingerprint density at radius 1 is 1.15 bits per heavy atom. The third-order valence-electron chi connectivity index (χ3n) is 3.08. The number of aliphatic imine (C=N–C) groups is 1. The molecule has 0 saturated carbocycles. The van der Waals surface area contributed by atoms with Crippen molar-refractivity contribution in [2.24, 2.45) is 10.7 Å². The van der Waals surface area contributed by atoms with Gasteiger partial charge in [0.25, 0.3) is 5.91 Å². The quantitative estimate of drug-likeness (QED) is 0.844. The lowest BCUT2D eigenvalue weighted by Gasteiger charge is -2.10. The number of fused-ring (bicyclic) bond motifs is 1. The van der Waals surface area contributed by atoms with Gasteiger partial charge in [-0.3, -0.25) is 9.79 Å². The van der Waals surface area contributed by atoms with E-state index in [0.29, 0.717) is 5.69 Å². The summed E-state index contributed by atoms with van der Waals surface area (Å²) in [5.74, 6) is -0.310. The summed E-state index contributed by atoms with van der Waals surface area (Å²) < 4.78 is 0.888. The molecule has 0 aliphatic carbocycles. The van der Waals surface area contributed by atoms with Gasteiger partial charge in [0, 0.05) is 15.6 Å². The lowest BCUT2D eigenvalue weighted by atomic mass is 10.0. The number of nitrogens with one attached hydrogen (secondary N) is 1. The standard InChI is InChI=1S/C15H12BrN3O/c16-10-6-7-11-12(8-10)18-15(20)14(17)19-13(11)9-4-2-1-3-5-9/h1-8,14H,17H2,(H,18,20)/t14-/m1/s1. The Labute approximate surface area is 124 Å². The molecule has 1 atom stereocenters. The van der Waals surface area contributed by atoms with Gasteiger partial charge in [0.15, 0.2) is 6.17 Å². The number of carbonyl (C=O) groups is 1. The van der Waals surface area contributed by atoms with Crippen molar-refractivity contribution >= 4 is 33.2 Å². The van der Waals surface area contributed by atoms with Gasteiger partial charge >= 0.3 is 0 Å². The molecule has 2 aromatic rings. The highest BCUT2D eigenvalue weighted by Gasteiger charge is 2.22. The first kappa shape index (κ1) is 13.0. The van der Waals surface area contributed by atoms with Crippen LogP contribution in [-0.2, 0) is 4.79 Å². The number of carbonyl (C=O) groups excluding carboxylic acids is 1. The predicted molar refractivity (Wildman–Crippen MR) is 82.8 cm³/mol. The molecule has 0 unspecified atom stereocenters. The minimum absolute atomic E-state index is 0.310. The minimum atomic E-state index is -0.906. The van der Waals surface area contributed by atoms with Crippen LogP contribution in [0.1, 0.15) is 11.1 Å². The fraction of sp³-hybridized carbons (Fsp3) is 0.0667. The van der Waals surface area contributed by atoms with Crippen LogP contribution in [-0.4, -0.2) is 17.8 Å². The molecule has 0 bridgehead atoms. The summed E-state index contributed by atoms with van der Waals surface area (Å²) in [6.45, 7) is 0. The van der Waals surface area contributed by atoms with E-state index < -0.39 is 6.17 Å². The van der Waals surface area contributed by atoms with Crippen molar-refractivity contribution in [2.45, 2.75) is 6.17 Å². The van der Waals surface area contributed by atoms with Crippen LogP contribution in [0.4, 0.5) is 5.69 Å². The van der Waals surface area contributed by atoms with Crippen molar-refractivity contribution in [1.29, 1.82) is 0 Å². The van der Waals surface area contributed by atoms with Gasteiger partial charge in [-0.05, 0) is 18.2 Å². The SMILES string of the molecule is N[C@@H]1N=C(c2ccccc2)c2ccc(Br)cc2NC1=O. The molecule has 0 saturated heterocycles. The van der Waals surface area contributed by atoms with Crippen molar-refractivity contribution in [2.75, 3.05) is 5.32 Å². The van der Waals surface area contributed by atoms with Crippen molar-refractivity contribution in [1.82, 2.24) is 0 Å². The molecule has 0 fully saturated rings. The zero-order valence-electron chi connectivity index (χ0n) is 10.5. The second-order valence-electron chi connectivity index (χ2n) is 4.47. The molecule has 20 heavy (non-hydrogen) atoms. The van der Waals surface area contributed by atoms with E-state index in [0.717, 1.165) is 21.3 Å². The zero-order chi connectivity index (χ0) is 14.1. The summed E-state index contributed by atoms with van der Waals surface area (Å²) in [5.41, 5.74) is 9.04. The molecule has 0 aromatic heterocycles. The van der Waals surface area contributed by atoms with Gasteiger partial charge in [-0.25, -0.2) is 0 Å². The third-order valence-corrected chi connectivity index (χ3v) is 3.57. The van der Waals surface area contributed by atoms with Gasteiger partial charge in [-0.2, -0.15) is 0 Å². The third kappa shape index (κ3) is 2.37. The fourth-order valence-electron chi connectivity index (χ4n) is 2.13.